The highest BCUT2D eigenvalue weighted by atomic mass is 32.2. The van der Waals surface area contributed by atoms with Crippen LogP contribution in [0.25, 0.3) is 0 Å². The zero-order chi connectivity index (χ0) is 19.1. The van der Waals surface area contributed by atoms with Gasteiger partial charge in [-0.3, -0.25) is 14.5 Å². The van der Waals surface area contributed by atoms with Gasteiger partial charge in [-0.2, -0.15) is 0 Å². The Morgan fingerprint density at radius 3 is 2.62 bits per heavy atom. The number of esters is 1. The first-order valence-electron chi connectivity index (χ1n) is 8.66. The largest absolute Gasteiger partial charge is 0.463 e. The molecule has 0 saturated carbocycles. The number of hydrogen-bond acceptors (Lipinski definition) is 5. The minimum atomic E-state index is -0.518. The first-order chi connectivity index (χ1) is 12.4. The Morgan fingerprint density at radius 1 is 1.31 bits per heavy atom. The van der Waals surface area contributed by atoms with Crippen molar-refractivity contribution < 1.29 is 19.1 Å². The number of hydrogen-bond donors (Lipinski definition) is 1. The molecular formula is C19H24N2O4S. The van der Waals surface area contributed by atoms with E-state index in [1.54, 1.807) is 6.92 Å². The summed E-state index contributed by atoms with van der Waals surface area (Å²) in [4.78, 5) is 37.2. The van der Waals surface area contributed by atoms with Crippen LogP contribution in [0.5, 0.6) is 0 Å². The van der Waals surface area contributed by atoms with E-state index < -0.39 is 5.97 Å². The zero-order valence-corrected chi connectivity index (χ0v) is 16.1. The molecule has 0 radical (unpaired) electrons. The molecule has 1 atom stereocenters. The molecule has 0 bridgehead atoms. The van der Waals surface area contributed by atoms with E-state index in [2.05, 4.69) is 19.2 Å². The summed E-state index contributed by atoms with van der Waals surface area (Å²) in [6.07, 6.45) is 2.31. The Hall–Kier alpha value is -2.28. The van der Waals surface area contributed by atoms with Crippen LogP contribution in [-0.2, 0) is 19.1 Å². The molecule has 26 heavy (non-hydrogen) atoms. The van der Waals surface area contributed by atoms with Crippen molar-refractivity contribution in [2.24, 2.45) is 0 Å². The van der Waals surface area contributed by atoms with Gasteiger partial charge in [-0.1, -0.05) is 37.7 Å². The van der Waals surface area contributed by atoms with Crippen molar-refractivity contribution >= 4 is 35.2 Å². The quantitative estimate of drug-likeness (QED) is 0.584. The molecule has 140 valence electrons. The Balaban J connectivity index is 1.99. The molecular weight excluding hydrogens is 352 g/mol. The summed E-state index contributed by atoms with van der Waals surface area (Å²) in [5.41, 5.74) is 1.90. The maximum absolute atomic E-state index is 12.3. The second-order valence-electron chi connectivity index (χ2n) is 5.98. The van der Waals surface area contributed by atoms with Gasteiger partial charge in [-0.05, 0) is 37.0 Å². The molecule has 2 rings (SSSR count). The Morgan fingerprint density at radius 2 is 2.00 bits per heavy atom. The monoisotopic (exact) mass is 376 g/mol. The average Bonchev–Trinajstić information content (AvgIpc) is 2.95. The van der Waals surface area contributed by atoms with Crippen LogP contribution in [0.1, 0.15) is 38.7 Å². The molecule has 1 aromatic rings. The van der Waals surface area contributed by atoms with Crippen LogP contribution in [0.3, 0.4) is 0 Å². The maximum Gasteiger partial charge on any atom is 0.333 e. The Kier molecular flexibility index (Phi) is 7.26. The molecule has 1 heterocycles. The van der Waals surface area contributed by atoms with E-state index in [-0.39, 0.29) is 30.7 Å². The molecule has 0 unspecified atom stereocenters. The number of benzene rings is 1. The van der Waals surface area contributed by atoms with Gasteiger partial charge in [0.15, 0.2) is 0 Å². The van der Waals surface area contributed by atoms with Gasteiger partial charge in [0.05, 0.1) is 23.5 Å². The predicted octanol–water partition coefficient (Wildman–Crippen LogP) is 3.12. The number of amides is 2. The summed E-state index contributed by atoms with van der Waals surface area (Å²) in [5, 5.41) is 3.23. The minimum absolute atomic E-state index is 0.135. The molecule has 1 aliphatic rings. The van der Waals surface area contributed by atoms with E-state index in [0.717, 1.165) is 6.42 Å². The highest BCUT2D eigenvalue weighted by Gasteiger charge is 2.29. The van der Waals surface area contributed by atoms with Crippen LogP contribution in [0, 0.1) is 0 Å². The lowest BCUT2D eigenvalue weighted by Crippen LogP contribution is -2.34. The number of ether oxygens (including phenoxy) is 1. The first kappa shape index (κ1) is 20.0. The number of nitrogens with zero attached hydrogens (tertiary/aromatic N) is 1. The van der Waals surface area contributed by atoms with Crippen molar-refractivity contribution in [2.45, 2.75) is 33.1 Å². The standard InChI is InChI=1S/C19H24N2O4S/c1-4-13(3)14-6-8-15(9-7-14)20-16(22)11-21-17(23)12-26-18(21)10-19(24)25-5-2/h6-10,13H,4-5,11-12H2,1-3H3,(H,20,22)/b18-10-/t13-/m1/s1. The number of carbonyl (C=O) groups excluding carboxylic acids is 3. The fourth-order valence-electron chi connectivity index (χ4n) is 2.46. The SMILES string of the molecule is CCOC(=O)/C=C1\SCC(=O)N1CC(=O)Nc1ccc([C@H](C)CC)cc1. The molecule has 7 heteroatoms. The maximum atomic E-state index is 12.3. The zero-order valence-electron chi connectivity index (χ0n) is 15.3. The summed E-state index contributed by atoms with van der Waals surface area (Å²) in [7, 11) is 0. The van der Waals surface area contributed by atoms with Crippen molar-refractivity contribution in [3.8, 4) is 0 Å². The van der Waals surface area contributed by atoms with Gasteiger partial charge >= 0.3 is 5.97 Å². The molecule has 6 nitrogen and oxygen atoms in total. The molecule has 1 aromatic carbocycles. The van der Waals surface area contributed by atoms with E-state index >= 15 is 0 Å². The Labute approximate surface area is 158 Å². The van der Waals surface area contributed by atoms with Crippen LogP contribution in [0.15, 0.2) is 35.4 Å². The number of thioether (sulfide) groups is 1. The van der Waals surface area contributed by atoms with Crippen LogP contribution in [0.2, 0.25) is 0 Å². The summed E-state index contributed by atoms with van der Waals surface area (Å²) in [6.45, 7) is 6.12. The van der Waals surface area contributed by atoms with Gasteiger partial charge in [0.1, 0.15) is 6.54 Å². The number of anilines is 1. The highest BCUT2D eigenvalue weighted by molar-refractivity contribution is 8.04. The molecule has 2 amide bonds. The lowest BCUT2D eigenvalue weighted by molar-refractivity contribution is -0.137. The normalized spacial score (nSPS) is 16.7. The number of nitrogens with one attached hydrogen (secondary N) is 1. The molecule has 1 fully saturated rings. The number of carbonyl (C=O) groups is 3. The summed E-state index contributed by atoms with van der Waals surface area (Å²) in [6, 6.07) is 7.70. The van der Waals surface area contributed by atoms with Crippen molar-refractivity contribution in [1.29, 1.82) is 0 Å². The van der Waals surface area contributed by atoms with Gasteiger partial charge in [0.25, 0.3) is 0 Å². The molecule has 0 spiro atoms. The van der Waals surface area contributed by atoms with Crippen LogP contribution >= 0.6 is 11.8 Å². The van der Waals surface area contributed by atoms with Gasteiger partial charge in [0.2, 0.25) is 11.8 Å². The van der Waals surface area contributed by atoms with Gasteiger partial charge < -0.3 is 10.1 Å². The summed E-state index contributed by atoms with van der Waals surface area (Å²) < 4.78 is 4.86. The second-order valence-corrected chi connectivity index (χ2v) is 6.98. The lowest BCUT2D eigenvalue weighted by Gasteiger charge is -2.17. The first-order valence-corrected chi connectivity index (χ1v) is 9.64. The van der Waals surface area contributed by atoms with Crippen LogP contribution < -0.4 is 5.32 Å². The lowest BCUT2D eigenvalue weighted by atomic mass is 9.99. The molecule has 1 N–H and O–H groups in total. The third kappa shape index (κ3) is 5.36. The Bertz CT molecular complexity index is 700. The van der Waals surface area contributed by atoms with Crippen molar-refractivity contribution in [2.75, 3.05) is 24.2 Å². The molecule has 0 aromatic heterocycles. The van der Waals surface area contributed by atoms with Crippen LogP contribution in [-0.4, -0.2) is 41.6 Å². The average molecular weight is 376 g/mol. The fraction of sp³-hybridized carbons (Fsp3) is 0.421. The third-order valence-corrected chi connectivity index (χ3v) is 5.14. The van der Waals surface area contributed by atoms with E-state index in [0.29, 0.717) is 16.6 Å². The second kappa shape index (κ2) is 9.43. The van der Waals surface area contributed by atoms with Gasteiger partial charge in [-0.25, -0.2) is 4.79 Å². The third-order valence-electron chi connectivity index (χ3n) is 4.12. The molecule has 0 aliphatic carbocycles. The van der Waals surface area contributed by atoms with E-state index in [1.165, 1.54) is 28.3 Å². The fourth-order valence-corrected chi connectivity index (χ4v) is 3.39. The van der Waals surface area contributed by atoms with Gasteiger partial charge in [0, 0.05) is 5.69 Å². The van der Waals surface area contributed by atoms with E-state index in [1.807, 2.05) is 24.3 Å². The van der Waals surface area contributed by atoms with Crippen molar-refractivity contribution in [3.63, 3.8) is 0 Å². The van der Waals surface area contributed by atoms with Crippen molar-refractivity contribution in [3.05, 3.63) is 40.9 Å². The van der Waals surface area contributed by atoms with E-state index in [9.17, 15) is 14.4 Å². The predicted molar refractivity (Wildman–Crippen MR) is 103 cm³/mol. The molecule has 1 aliphatic heterocycles. The summed E-state index contributed by atoms with van der Waals surface area (Å²) in [5.74, 6) is -0.354. The molecule has 1 saturated heterocycles. The number of rotatable bonds is 7. The van der Waals surface area contributed by atoms with Crippen LogP contribution in [0.4, 0.5) is 5.69 Å². The van der Waals surface area contributed by atoms with Gasteiger partial charge in [-0.15, -0.1) is 0 Å². The van der Waals surface area contributed by atoms with Crippen molar-refractivity contribution in [1.82, 2.24) is 4.90 Å². The highest BCUT2D eigenvalue weighted by Crippen LogP contribution is 2.28. The van der Waals surface area contributed by atoms with E-state index in [4.69, 9.17) is 4.74 Å². The summed E-state index contributed by atoms with van der Waals surface area (Å²) >= 11 is 1.23. The topological polar surface area (TPSA) is 75.7 Å². The smallest absolute Gasteiger partial charge is 0.333 e. The minimum Gasteiger partial charge on any atom is -0.463 e.